The van der Waals surface area contributed by atoms with E-state index in [4.69, 9.17) is 24.9 Å². The maximum atomic E-state index is 5.85. The minimum absolute atomic E-state index is 0.477. The smallest absolute Gasteiger partial charge is 0.241 e. The van der Waals surface area contributed by atoms with Gasteiger partial charge in [-0.15, -0.1) is 0 Å². The maximum Gasteiger partial charge on any atom is 0.241 e. The van der Waals surface area contributed by atoms with Crippen LogP contribution < -0.4 is 21.0 Å². The minimum atomic E-state index is -3.56. The molecule has 6 heterocycles. The standard InChI is InChI=1S/C59H38N10Si/c1-3-21-40(22-4-1)70(41-23-5-2-6-24-41,42-25-19-20-39(38-42)65-51-34-15-16-35-52(51)67-49-32-13-9-28-45(49)60-58(65)67)57-63-55(66-47-30-11-7-26-43(47)44-27-8-12-31-48(44)66)62-56(64-57)69-54-37-18-17-36-53(54)68-50-33-14-10-29-46(50)61-59(68)69/h1-38H. The highest BCUT2D eigenvalue weighted by Gasteiger charge is 2.46. The lowest BCUT2D eigenvalue weighted by atomic mass is 10.2. The summed E-state index contributed by atoms with van der Waals surface area (Å²) in [6.07, 6.45) is 0. The Morgan fingerprint density at radius 3 is 1.26 bits per heavy atom. The normalized spacial score (nSPS) is 12.3. The molecule has 0 fully saturated rings. The van der Waals surface area contributed by atoms with Gasteiger partial charge in [-0.05, 0) is 88.4 Å². The largest absolute Gasteiger partial charge is 0.278 e. The quantitative estimate of drug-likeness (QED) is 0.117. The van der Waals surface area contributed by atoms with Crippen LogP contribution >= 0.6 is 0 Å². The summed E-state index contributed by atoms with van der Waals surface area (Å²) in [4.78, 5) is 27.9. The molecule has 0 unspecified atom stereocenters. The van der Waals surface area contributed by atoms with Gasteiger partial charge in [0.05, 0.1) is 55.2 Å². The van der Waals surface area contributed by atoms with Gasteiger partial charge in [0.15, 0.2) is 0 Å². The molecule has 9 aromatic carbocycles. The average molecular weight is 915 g/mol. The maximum absolute atomic E-state index is 5.85. The molecule has 0 radical (unpaired) electrons. The van der Waals surface area contributed by atoms with Crippen LogP contribution in [0, 0.1) is 0 Å². The summed E-state index contributed by atoms with van der Waals surface area (Å²) in [6.45, 7) is 0. The predicted octanol–water partition coefficient (Wildman–Crippen LogP) is 9.84. The first-order chi connectivity index (χ1) is 34.7. The summed E-state index contributed by atoms with van der Waals surface area (Å²) in [5.41, 5.74) is 11.7. The molecule has 0 aliphatic rings. The highest BCUT2D eigenvalue weighted by molar-refractivity contribution is 7.19. The molecule has 0 atom stereocenters. The Morgan fingerprint density at radius 2 is 0.700 bits per heavy atom. The molecule has 11 heteroatoms. The minimum Gasteiger partial charge on any atom is -0.278 e. The van der Waals surface area contributed by atoms with Gasteiger partial charge in [0.25, 0.3) is 0 Å². The Morgan fingerprint density at radius 1 is 0.286 bits per heavy atom. The molecule has 0 N–H and O–H groups in total. The summed E-state index contributed by atoms with van der Waals surface area (Å²) in [6, 6.07) is 81.4. The first-order valence-electron chi connectivity index (χ1n) is 23.4. The Hall–Kier alpha value is -9.45. The lowest BCUT2D eigenvalue weighted by Gasteiger charge is -2.32. The van der Waals surface area contributed by atoms with E-state index >= 15 is 0 Å². The summed E-state index contributed by atoms with van der Waals surface area (Å²) in [5.74, 6) is 2.56. The molecule has 0 aliphatic carbocycles. The van der Waals surface area contributed by atoms with Crippen molar-refractivity contribution in [1.29, 1.82) is 0 Å². The van der Waals surface area contributed by atoms with Gasteiger partial charge in [0.1, 0.15) is 5.45 Å². The van der Waals surface area contributed by atoms with E-state index in [-0.39, 0.29) is 0 Å². The number of aromatic nitrogens is 10. The van der Waals surface area contributed by atoms with Crippen molar-refractivity contribution in [3.63, 3.8) is 0 Å². The highest BCUT2D eigenvalue weighted by Crippen LogP contribution is 2.33. The molecule has 15 aromatic rings. The van der Waals surface area contributed by atoms with Crippen molar-refractivity contribution in [1.82, 2.24) is 47.4 Å². The van der Waals surface area contributed by atoms with Crippen LogP contribution in [0.4, 0.5) is 0 Å². The zero-order chi connectivity index (χ0) is 45.9. The van der Waals surface area contributed by atoms with Crippen molar-refractivity contribution in [3.05, 3.63) is 231 Å². The lowest BCUT2D eigenvalue weighted by Crippen LogP contribution is -2.76. The predicted molar refractivity (Wildman–Crippen MR) is 284 cm³/mol. The molecule has 0 bridgehead atoms. The molecular weight excluding hydrogens is 877 g/mol. The third kappa shape index (κ3) is 5.34. The second kappa shape index (κ2) is 14.8. The number of para-hydroxylation sites is 10. The van der Waals surface area contributed by atoms with E-state index in [2.05, 4.69) is 247 Å². The van der Waals surface area contributed by atoms with E-state index in [1.54, 1.807) is 0 Å². The van der Waals surface area contributed by atoms with Gasteiger partial charge in [-0.3, -0.25) is 17.9 Å². The molecule has 6 aromatic heterocycles. The summed E-state index contributed by atoms with van der Waals surface area (Å²) < 4.78 is 11.1. The van der Waals surface area contributed by atoms with Gasteiger partial charge in [0.2, 0.25) is 31.5 Å². The van der Waals surface area contributed by atoms with Crippen LogP contribution in [0.15, 0.2) is 231 Å². The van der Waals surface area contributed by atoms with E-state index < -0.39 is 8.07 Å². The molecule has 328 valence electrons. The first kappa shape index (κ1) is 38.6. The molecule has 0 aliphatic heterocycles. The highest BCUT2D eigenvalue weighted by atomic mass is 28.3. The van der Waals surface area contributed by atoms with Crippen molar-refractivity contribution >= 4 is 107 Å². The lowest BCUT2D eigenvalue weighted by molar-refractivity contribution is 0.895. The van der Waals surface area contributed by atoms with Crippen LogP contribution in [0.2, 0.25) is 0 Å². The molecule has 0 saturated carbocycles. The molecule has 0 saturated heterocycles. The Kier molecular flexibility index (Phi) is 8.15. The van der Waals surface area contributed by atoms with Gasteiger partial charge in [0, 0.05) is 16.5 Å². The van der Waals surface area contributed by atoms with E-state index in [1.165, 1.54) is 0 Å². The second-order valence-electron chi connectivity index (χ2n) is 17.8. The van der Waals surface area contributed by atoms with Crippen LogP contribution in [0.1, 0.15) is 0 Å². The number of hydrogen-bond donors (Lipinski definition) is 0. The summed E-state index contributed by atoms with van der Waals surface area (Å²) in [5, 5.41) is 5.61. The molecule has 15 rings (SSSR count). The fourth-order valence-corrected chi connectivity index (χ4v) is 15.6. The SMILES string of the molecule is c1ccc([Si](c2ccccc2)(c2cccc(-n3c4ccccc4n4c5ccccc5nc34)c2)c2nc(-n3c4ccccc4c4ccccc43)nc(-n3c4ccccc4n4c5ccccc5nc34)n2)cc1. The monoisotopic (exact) mass is 914 g/mol. The number of benzene rings is 9. The fourth-order valence-electron chi connectivity index (χ4n) is 11.2. The van der Waals surface area contributed by atoms with E-state index in [0.29, 0.717) is 17.3 Å². The van der Waals surface area contributed by atoms with Gasteiger partial charge >= 0.3 is 0 Å². The topological polar surface area (TPSA) is 88.1 Å². The third-order valence-electron chi connectivity index (χ3n) is 14.1. The van der Waals surface area contributed by atoms with Crippen LogP contribution in [-0.4, -0.2) is 55.5 Å². The second-order valence-corrected chi connectivity index (χ2v) is 21.5. The van der Waals surface area contributed by atoms with Gasteiger partial charge in [-0.25, -0.2) is 24.5 Å². The van der Waals surface area contributed by atoms with Gasteiger partial charge < -0.3 is 0 Å². The molecule has 0 spiro atoms. The Balaban J connectivity index is 1.10. The van der Waals surface area contributed by atoms with Gasteiger partial charge in [-0.1, -0.05) is 158 Å². The molecule has 70 heavy (non-hydrogen) atoms. The summed E-state index contributed by atoms with van der Waals surface area (Å²) in [7, 11) is -3.56. The van der Waals surface area contributed by atoms with Crippen molar-refractivity contribution in [2.75, 3.05) is 0 Å². The van der Waals surface area contributed by atoms with E-state index in [9.17, 15) is 0 Å². The number of rotatable bonds is 7. The Labute approximate surface area is 400 Å². The molecular formula is C59H38N10Si. The van der Waals surface area contributed by atoms with Crippen LogP contribution in [0.3, 0.4) is 0 Å². The third-order valence-corrected chi connectivity index (χ3v) is 18.6. The van der Waals surface area contributed by atoms with Crippen molar-refractivity contribution in [3.8, 4) is 17.6 Å². The average Bonchev–Trinajstić information content (AvgIpc) is 4.22. The molecule has 10 nitrogen and oxygen atoms in total. The van der Waals surface area contributed by atoms with E-state index in [1.807, 2.05) is 6.07 Å². The van der Waals surface area contributed by atoms with Crippen LogP contribution in [0.25, 0.3) is 95.1 Å². The number of fused-ring (bicyclic) bond motifs is 13. The zero-order valence-corrected chi connectivity index (χ0v) is 38.4. The van der Waals surface area contributed by atoms with E-state index in [0.717, 1.165) is 98.7 Å². The van der Waals surface area contributed by atoms with Gasteiger partial charge in [-0.2, -0.15) is 4.98 Å². The number of hydrogen-bond acceptors (Lipinski definition) is 5. The molecule has 0 amide bonds. The number of imidazole rings is 4. The first-order valence-corrected chi connectivity index (χ1v) is 25.4. The van der Waals surface area contributed by atoms with Crippen molar-refractivity contribution < 1.29 is 0 Å². The van der Waals surface area contributed by atoms with Crippen molar-refractivity contribution in [2.24, 2.45) is 0 Å². The number of nitrogens with zero attached hydrogens (tertiary/aromatic N) is 10. The van der Waals surface area contributed by atoms with Crippen molar-refractivity contribution in [2.45, 2.75) is 0 Å². The Bertz CT molecular complexity index is 4470. The summed E-state index contributed by atoms with van der Waals surface area (Å²) >= 11 is 0. The zero-order valence-electron chi connectivity index (χ0n) is 37.4. The van der Waals surface area contributed by atoms with Crippen LogP contribution in [-0.2, 0) is 0 Å². The van der Waals surface area contributed by atoms with Crippen LogP contribution in [0.5, 0.6) is 0 Å². The fraction of sp³-hybridized carbons (Fsp3) is 0.